The number of aryl methyl sites for hydroxylation is 1. The van der Waals surface area contributed by atoms with Crippen LogP contribution in [0.15, 0.2) is 47.2 Å². The maximum absolute atomic E-state index is 5.33. The molecule has 0 amide bonds. The number of aromatic nitrogens is 1. The first kappa shape index (κ1) is 14.8. The molecule has 0 N–H and O–H groups in total. The highest BCUT2D eigenvalue weighted by Gasteiger charge is 2.05. The van der Waals surface area contributed by atoms with Gasteiger partial charge in [-0.2, -0.15) is 0 Å². The van der Waals surface area contributed by atoms with Gasteiger partial charge in [0.15, 0.2) is 0 Å². The molecular weight excluding hydrogens is 246 g/mol. The van der Waals surface area contributed by atoms with Gasteiger partial charge in [-0.25, -0.2) is 0 Å². The van der Waals surface area contributed by atoms with Crippen LogP contribution in [0.4, 0.5) is 0 Å². The van der Waals surface area contributed by atoms with Crippen LogP contribution >= 0.6 is 0 Å². The zero-order chi connectivity index (χ0) is 14.0. The molecule has 0 aliphatic rings. The molecule has 2 nitrogen and oxygen atoms in total. The van der Waals surface area contributed by atoms with E-state index in [4.69, 9.17) is 4.42 Å². The lowest BCUT2D eigenvalue weighted by molar-refractivity contribution is 0.489. The average Bonchev–Trinajstić information content (AvgIpc) is 3.00. The van der Waals surface area contributed by atoms with Gasteiger partial charge in [0.1, 0.15) is 5.76 Å². The summed E-state index contributed by atoms with van der Waals surface area (Å²) < 4.78 is 5.33. The molecule has 0 aliphatic carbocycles. The summed E-state index contributed by atoms with van der Waals surface area (Å²) in [7, 11) is 0. The summed E-state index contributed by atoms with van der Waals surface area (Å²) in [6.07, 6.45) is 12.5. The number of unbranched alkanes of at least 4 members (excludes halogenated alkanes) is 4. The van der Waals surface area contributed by atoms with E-state index in [9.17, 15) is 0 Å². The summed E-state index contributed by atoms with van der Waals surface area (Å²) in [5, 5.41) is 0. The van der Waals surface area contributed by atoms with Crippen LogP contribution in [0, 0.1) is 0 Å². The third-order valence-electron chi connectivity index (χ3n) is 3.83. The zero-order valence-corrected chi connectivity index (χ0v) is 12.4. The van der Waals surface area contributed by atoms with Gasteiger partial charge in [-0.1, -0.05) is 38.7 Å². The summed E-state index contributed by atoms with van der Waals surface area (Å²) in [6, 6.07) is 10.2. The Bertz CT molecular complexity index is 450. The van der Waals surface area contributed by atoms with Crippen LogP contribution in [0.1, 0.15) is 62.8 Å². The van der Waals surface area contributed by atoms with E-state index in [1.807, 2.05) is 18.3 Å². The summed E-state index contributed by atoms with van der Waals surface area (Å²) in [6.45, 7) is 2.28. The molecule has 0 bridgehead atoms. The first-order valence-corrected chi connectivity index (χ1v) is 7.79. The van der Waals surface area contributed by atoms with E-state index in [0.29, 0.717) is 5.92 Å². The second-order valence-corrected chi connectivity index (χ2v) is 5.54. The molecule has 1 unspecified atom stereocenters. The normalized spacial score (nSPS) is 12.4. The van der Waals surface area contributed by atoms with Gasteiger partial charge in [0, 0.05) is 18.3 Å². The Balaban J connectivity index is 1.49. The minimum absolute atomic E-state index is 0.583. The van der Waals surface area contributed by atoms with Crippen molar-refractivity contribution in [2.24, 2.45) is 0 Å². The average molecular weight is 271 g/mol. The molecule has 2 aromatic rings. The van der Waals surface area contributed by atoms with Crippen LogP contribution < -0.4 is 0 Å². The Morgan fingerprint density at radius 3 is 2.60 bits per heavy atom. The quantitative estimate of drug-likeness (QED) is 0.574. The van der Waals surface area contributed by atoms with Crippen molar-refractivity contribution in [1.82, 2.24) is 4.98 Å². The van der Waals surface area contributed by atoms with Crippen LogP contribution in [-0.4, -0.2) is 4.98 Å². The molecule has 20 heavy (non-hydrogen) atoms. The first-order chi connectivity index (χ1) is 9.86. The second-order valence-electron chi connectivity index (χ2n) is 5.54. The fourth-order valence-corrected chi connectivity index (χ4v) is 2.55. The number of rotatable bonds is 9. The van der Waals surface area contributed by atoms with Crippen LogP contribution in [0.2, 0.25) is 0 Å². The fraction of sp³-hybridized carbons (Fsp3) is 0.500. The van der Waals surface area contributed by atoms with Crippen molar-refractivity contribution in [2.75, 3.05) is 0 Å². The summed E-state index contributed by atoms with van der Waals surface area (Å²) in [5.41, 5.74) is 1.23. The van der Waals surface area contributed by atoms with Gasteiger partial charge in [0.2, 0.25) is 0 Å². The number of furan rings is 1. The lowest BCUT2D eigenvalue weighted by Gasteiger charge is -2.10. The van der Waals surface area contributed by atoms with Gasteiger partial charge < -0.3 is 4.42 Å². The molecule has 108 valence electrons. The minimum Gasteiger partial charge on any atom is -0.469 e. The van der Waals surface area contributed by atoms with E-state index in [0.717, 1.165) is 12.2 Å². The monoisotopic (exact) mass is 271 g/mol. The van der Waals surface area contributed by atoms with Crippen molar-refractivity contribution in [3.63, 3.8) is 0 Å². The highest BCUT2D eigenvalue weighted by atomic mass is 16.3. The van der Waals surface area contributed by atoms with Crippen LogP contribution in [0.5, 0.6) is 0 Å². The van der Waals surface area contributed by atoms with E-state index in [-0.39, 0.29) is 0 Å². The van der Waals surface area contributed by atoms with Gasteiger partial charge in [0.25, 0.3) is 0 Å². The first-order valence-electron chi connectivity index (χ1n) is 7.79. The molecule has 0 fully saturated rings. The highest BCUT2D eigenvalue weighted by molar-refractivity contribution is 5.08. The van der Waals surface area contributed by atoms with Gasteiger partial charge in [0.05, 0.1) is 6.26 Å². The molecule has 0 aliphatic heterocycles. The fourth-order valence-electron chi connectivity index (χ4n) is 2.55. The molecule has 1 atom stereocenters. The third kappa shape index (κ3) is 5.20. The summed E-state index contributed by atoms with van der Waals surface area (Å²) in [4.78, 5) is 4.43. The van der Waals surface area contributed by atoms with Crippen LogP contribution in [-0.2, 0) is 6.42 Å². The second kappa shape index (κ2) is 8.57. The van der Waals surface area contributed by atoms with Crippen molar-refractivity contribution in [2.45, 2.75) is 57.8 Å². The molecule has 2 rings (SSSR count). The van der Waals surface area contributed by atoms with E-state index >= 15 is 0 Å². The SMILES string of the molecule is CC(CCCCCCCc1ccco1)c1ccccn1. The third-order valence-corrected chi connectivity index (χ3v) is 3.83. The maximum Gasteiger partial charge on any atom is 0.103 e. The summed E-state index contributed by atoms with van der Waals surface area (Å²) >= 11 is 0. The molecule has 0 spiro atoms. The summed E-state index contributed by atoms with van der Waals surface area (Å²) in [5.74, 6) is 1.70. The zero-order valence-electron chi connectivity index (χ0n) is 12.4. The lowest BCUT2D eigenvalue weighted by Crippen LogP contribution is -1.96. The number of hydrogen-bond donors (Lipinski definition) is 0. The Morgan fingerprint density at radius 1 is 1.00 bits per heavy atom. The number of pyridine rings is 1. The van der Waals surface area contributed by atoms with Crippen molar-refractivity contribution >= 4 is 0 Å². The standard InChI is InChI=1S/C18H25NO/c1-16(18-13-7-8-14-19-18)10-5-3-2-4-6-11-17-12-9-15-20-17/h7-9,12-16H,2-6,10-11H2,1H3. The van der Waals surface area contributed by atoms with Crippen molar-refractivity contribution in [3.05, 3.63) is 54.2 Å². The molecule has 2 aromatic heterocycles. The van der Waals surface area contributed by atoms with Crippen molar-refractivity contribution in [1.29, 1.82) is 0 Å². The topological polar surface area (TPSA) is 26.0 Å². The Hall–Kier alpha value is -1.57. The number of hydrogen-bond acceptors (Lipinski definition) is 2. The van der Waals surface area contributed by atoms with Gasteiger partial charge in [-0.3, -0.25) is 4.98 Å². The van der Waals surface area contributed by atoms with E-state index in [1.165, 1.54) is 44.2 Å². The molecule has 2 heterocycles. The van der Waals surface area contributed by atoms with E-state index in [1.54, 1.807) is 6.26 Å². The predicted molar refractivity (Wildman–Crippen MR) is 82.8 cm³/mol. The molecule has 0 aromatic carbocycles. The molecular formula is C18H25NO. The predicted octanol–water partition coefficient (Wildman–Crippen LogP) is 5.36. The highest BCUT2D eigenvalue weighted by Crippen LogP contribution is 2.20. The van der Waals surface area contributed by atoms with Gasteiger partial charge in [-0.05, 0) is 43.0 Å². The van der Waals surface area contributed by atoms with Gasteiger partial charge in [-0.15, -0.1) is 0 Å². The molecule has 0 radical (unpaired) electrons. The Kier molecular flexibility index (Phi) is 6.36. The Morgan fingerprint density at radius 2 is 1.85 bits per heavy atom. The smallest absolute Gasteiger partial charge is 0.103 e. The number of nitrogens with zero attached hydrogens (tertiary/aromatic N) is 1. The van der Waals surface area contributed by atoms with Crippen molar-refractivity contribution < 1.29 is 4.42 Å². The largest absolute Gasteiger partial charge is 0.469 e. The van der Waals surface area contributed by atoms with Crippen LogP contribution in [0.25, 0.3) is 0 Å². The van der Waals surface area contributed by atoms with Gasteiger partial charge >= 0.3 is 0 Å². The van der Waals surface area contributed by atoms with Crippen LogP contribution in [0.3, 0.4) is 0 Å². The molecule has 0 saturated carbocycles. The lowest BCUT2D eigenvalue weighted by atomic mass is 9.98. The van der Waals surface area contributed by atoms with E-state index in [2.05, 4.69) is 30.1 Å². The molecule has 2 heteroatoms. The molecule has 0 saturated heterocycles. The van der Waals surface area contributed by atoms with E-state index < -0.39 is 0 Å². The van der Waals surface area contributed by atoms with Crippen molar-refractivity contribution in [3.8, 4) is 0 Å². The minimum atomic E-state index is 0.583. The Labute approximate surface area is 122 Å². The maximum atomic E-state index is 5.33.